The van der Waals surface area contributed by atoms with Gasteiger partial charge in [0.2, 0.25) is 0 Å². The van der Waals surface area contributed by atoms with Crippen molar-refractivity contribution >= 4 is 0 Å². The molecular weight excluding hydrogens is 246 g/mol. The highest BCUT2D eigenvalue weighted by Gasteiger charge is 2.31. The van der Waals surface area contributed by atoms with Gasteiger partial charge in [0, 0.05) is 19.1 Å². The quantitative estimate of drug-likeness (QED) is 0.779. The molecular formula is C17H37N3. The molecule has 0 amide bonds. The summed E-state index contributed by atoms with van der Waals surface area (Å²) >= 11 is 0. The largest absolute Gasteiger partial charge is 0.330 e. The van der Waals surface area contributed by atoms with E-state index in [1.807, 2.05) is 0 Å². The number of likely N-dealkylation sites (N-methyl/N-ethyl adjacent to an activating group) is 1. The Bertz CT molecular complexity index is 270. The van der Waals surface area contributed by atoms with Crippen LogP contribution in [0.3, 0.4) is 0 Å². The van der Waals surface area contributed by atoms with Gasteiger partial charge in [-0.3, -0.25) is 0 Å². The van der Waals surface area contributed by atoms with Crippen molar-refractivity contribution in [2.75, 3.05) is 40.3 Å². The van der Waals surface area contributed by atoms with Crippen molar-refractivity contribution in [1.29, 1.82) is 0 Å². The van der Waals surface area contributed by atoms with E-state index >= 15 is 0 Å². The molecule has 1 heterocycles. The number of hydrogen-bond donors (Lipinski definition) is 1. The smallest absolute Gasteiger partial charge is 0.0254 e. The molecule has 0 radical (unpaired) electrons. The monoisotopic (exact) mass is 283 g/mol. The lowest BCUT2D eigenvalue weighted by molar-refractivity contribution is 0.197. The summed E-state index contributed by atoms with van der Waals surface area (Å²) < 4.78 is 0. The summed E-state index contributed by atoms with van der Waals surface area (Å²) in [5.74, 6) is 1.56. The van der Waals surface area contributed by atoms with Crippen LogP contribution >= 0.6 is 0 Å². The molecule has 0 bridgehead atoms. The third kappa shape index (κ3) is 5.34. The zero-order chi connectivity index (χ0) is 15.3. The van der Waals surface area contributed by atoms with E-state index in [4.69, 9.17) is 5.73 Å². The van der Waals surface area contributed by atoms with Gasteiger partial charge in [-0.2, -0.15) is 0 Å². The van der Waals surface area contributed by atoms with Gasteiger partial charge in [0.05, 0.1) is 0 Å². The van der Waals surface area contributed by atoms with Crippen molar-refractivity contribution in [2.45, 2.75) is 53.0 Å². The van der Waals surface area contributed by atoms with Crippen LogP contribution < -0.4 is 5.73 Å². The average molecular weight is 284 g/mol. The Labute approximate surface area is 126 Å². The number of nitrogens with two attached hydrogens (primary N) is 1. The van der Waals surface area contributed by atoms with Crippen LogP contribution in [0, 0.1) is 17.3 Å². The standard InChI is InChI=1S/C17H37N3/c1-14-12-20(13-16(14)19(5)6)11-7-8-15(9-10-18)17(2,3)4/h14-16H,7-13,18H2,1-6H3. The van der Waals surface area contributed by atoms with Gasteiger partial charge in [-0.25, -0.2) is 0 Å². The Kier molecular flexibility index (Phi) is 6.96. The van der Waals surface area contributed by atoms with E-state index in [9.17, 15) is 0 Å². The second-order valence-corrected chi connectivity index (χ2v) is 8.05. The van der Waals surface area contributed by atoms with E-state index in [2.05, 4.69) is 51.6 Å². The summed E-state index contributed by atoms with van der Waals surface area (Å²) in [7, 11) is 4.42. The fourth-order valence-electron chi connectivity index (χ4n) is 3.68. The van der Waals surface area contributed by atoms with Crippen LogP contribution in [0.25, 0.3) is 0 Å². The van der Waals surface area contributed by atoms with Crippen molar-refractivity contribution in [1.82, 2.24) is 9.80 Å². The Hall–Kier alpha value is -0.120. The third-order valence-electron chi connectivity index (χ3n) is 5.08. The molecule has 0 spiro atoms. The van der Waals surface area contributed by atoms with Crippen LogP contribution in [0.5, 0.6) is 0 Å². The molecule has 0 aromatic heterocycles. The number of hydrogen-bond acceptors (Lipinski definition) is 3. The summed E-state index contributed by atoms with van der Waals surface area (Å²) in [5.41, 5.74) is 6.17. The van der Waals surface area contributed by atoms with E-state index in [0.717, 1.165) is 24.4 Å². The molecule has 1 rings (SSSR count). The molecule has 0 saturated carbocycles. The maximum absolute atomic E-state index is 5.77. The van der Waals surface area contributed by atoms with Crippen LogP contribution in [0.15, 0.2) is 0 Å². The Morgan fingerprint density at radius 3 is 2.30 bits per heavy atom. The molecule has 0 aliphatic carbocycles. The van der Waals surface area contributed by atoms with E-state index in [1.165, 1.54) is 38.9 Å². The minimum absolute atomic E-state index is 0.393. The molecule has 0 aromatic carbocycles. The zero-order valence-corrected chi connectivity index (χ0v) is 14.7. The lowest BCUT2D eigenvalue weighted by Crippen LogP contribution is -2.34. The van der Waals surface area contributed by atoms with Gasteiger partial charge < -0.3 is 15.5 Å². The van der Waals surface area contributed by atoms with E-state index < -0.39 is 0 Å². The molecule has 20 heavy (non-hydrogen) atoms. The van der Waals surface area contributed by atoms with Gasteiger partial charge in [-0.15, -0.1) is 0 Å². The van der Waals surface area contributed by atoms with Crippen molar-refractivity contribution in [3.05, 3.63) is 0 Å². The van der Waals surface area contributed by atoms with Gasteiger partial charge in [0.25, 0.3) is 0 Å². The van der Waals surface area contributed by atoms with Crippen LogP contribution in [0.4, 0.5) is 0 Å². The maximum atomic E-state index is 5.77. The fraction of sp³-hybridized carbons (Fsp3) is 1.00. The normalized spacial score (nSPS) is 26.4. The molecule has 3 heteroatoms. The molecule has 3 unspecified atom stereocenters. The maximum Gasteiger partial charge on any atom is 0.0254 e. The summed E-state index contributed by atoms with van der Waals surface area (Å²) in [6.45, 7) is 14.0. The molecule has 1 aliphatic rings. The van der Waals surface area contributed by atoms with E-state index in [1.54, 1.807) is 0 Å². The second kappa shape index (κ2) is 7.77. The Morgan fingerprint density at radius 2 is 1.85 bits per heavy atom. The van der Waals surface area contributed by atoms with E-state index in [-0.39, 0.29) is 0 Å². The van der Waals surface area contributed by atoms with Gasteiger partial charge in [-0.05, 0) is 63.7 Å². The molecule has 3 nitrogen and oxygen atoms in total. The summed E-state index contributed by atoms with van der Waals surface area (Å²) in [6.07, 6.45) is 3.80. The molecule has 1 fully saturated rings. The molecule has 0 aromatic rings. The topological polar surface area (TPSA) is 32.5 Å². The lowest BCUT2D eigenvalue weighted by Gasteiger charge is -2.31. The summed E-state index contributed by atoms with van der Waals surface area (Å²) in [6, 6.07) is 0.734. The first-order chi connectivity index (χ1) is 9.25. The van der Waals surface area contributed by atoms with Gasteiger partial charge in [-0.1, -0.05) is 27.7 Å². The first-order valence-corrected chi connectivity index (χ1v) is 8.34. The van der Waals surface area contributed by atoms with Gasteiger partial charge in [0.15, 0.2) is 0 Å². The highest BCUT2D eigenvalue weighted by atomic mass is 15.2. The van der Waals surface area contributed by atoms with Crippen molar-refractivity contribution in [2.24, 2.45) is 23.0 Å². The Morgan fingerprint density at radius 1 is 1.20 bits per heavy atom. The number of likely N-dealkylation sites (tertiary alicyclic amines) is 1. The van der Waals surface area contributed by atoms with Crippen LogP contribution in [-0.2, 0) is 0 Å². The number of rotatable bonds is 7. The average Bonchev–Trinajstić information content (AvgIpc) is 2.68. The highest BCUT2D eigenvalue weighted by Crippen LogP contribution is 2.32. The van der Waals surface area contributed by atoms with Crippen LogP contribution in [0.2, 0.25) is 0 Å². The first kappa shape index (κ1) is 17.9. The zero-order valence-electron chi connectivity index (χ0n) is 14.7. The summed E-state index contributed by atoms with van der Waals surface area (Å²) in [5, 5.41) is 0. The fourth-order valence-corrected chi connectivity index (χ4v) is 3.68. The second-order valence-electron chi connectivity index (χ2n) is 8.05. The summed E-state index contributed by atoms with van der Waals surface area (Å²) in [4.78, 5) is 5.04. The van der Waals surface area contributed by atoms with Gasteiger partial charge >= 0.3 is 0 Å². The number of nitrogens with zero attached hydrogens (tertiary/aromatic N) is 2. The van der Waals surface area contributed by atoms with Crippen LogP contribution in [-0.4, -0.2) is 56.1 Å². The molecule has 120 valence electrons. The minimum atomic E-state index is 0.393. The van der Waals surface area contributed by atoms with Gasteiger partial charge in [0.1, 0.15) is 0 Å². The predicted octanol–water partition coefficient (Wildman–Crippen LogP) is 2.66. The van der Waals surface area contributed by atoms with Crippen molar-refractivity contribution in [3.8, 4) is 0 Å². The predicted molar refractivity (Wildman–Crippen MR) is 88.9 cm³/mol. The van der Waals surface area contributed by atoms with E-state index in [0.29, 0.717) is 5.41 Å². The lowest BCUT2D eigenvalue weighted by atomic mass is 9.76. The minimum Gasteiger partial charge on any atom is -0.330 e. The third-order valence-corrected chi connectivity index (χ3v) is 5.08. The van der Waals surface area contributed by atoms with Crippen LogP contribution in [0.1, 0.15) is 47.0 Å². The highest BCUT2D eigenvalue weighted by molar-refractivity contribution is 4.86. The molecule has 3 atom stereocenters. The first-order valence-electron chi connectivity index (χ1n) is 8.34. The molecule has 2 N–H and O–H groups in total. The Balaban J connectivity index is 2.33. The van der Waals surface area contributed by atoms with Crippen molar-refractivity contribution in [3.63, 3.8) is 0 Å². The SMILES string of the molecule is CC1CN(CCCC(CCN)C(C)(C)C)CC1N(C)C. The van der Waals surface area contributed by atoms with Crippen molar-refractivity contribution < 1.29 is 0 Å². The molecule has 1 saturated heterocycles. The molecule has 1 aliphatic heterocycles.